The van der Waals surface area contributed by atoms with Gasteiger partial charge >= 0.3 is 6.09 Å². The number of piperidine rings is 1. The summed E-state index contributed by atoms with van der Waals surface area (Å²) in [6.45, 7) is 4.32. The van der Waals surface area contributed by atoms with Crippen LogP contribution in [0.2, 0.25) is 0 Å². The van der Waals surface area contributed by atoms with Crippen molar-refractivity contribution < 1.29 is 9.53 Å². The molecule has 1 saturated heterocycles. The van der Waals surface area contributed by atoms with Gasteiger partial charge in [0.05, 0.1) is 23.6 Å². The predicted octanol–water partition coefficient (Wildman–Crippen LogP) is 5.26. The van der Waals surface area contributed by atoms with E-state index in [-0.39, 0.29) is 0 Å². The van der Waals surface area contributed by atoms with Gasteiger partial charge in [-0.05, 0) is 43.0 Å². The molecule has 4 rings (SSSR count). The fraction of sp³-hybridized carbons (Fsp3) is 0.348. The Labute approximate surface area is 170 Å². The normalized spacial score (nSPS) is 14.7. The number of amides is 1. The van der Waals surface area contributed by atoms with Gasteiger partial charge in [-0.25, -0.2) is 9.78 Å². The Kier molecular flexibility index (Phi) is 5.89. The third-order valence-corrected chi connectivity index (χ3v) is 5.40. The second kappa shape index (κ2) is 8.90. The summed E-state index contributed by atoms with van der Waals surface area (Å²) in [5.74, 6) is 2.19. The molecule has 1 aliphatic rings. The third-order valence-electron chi connectivity index (χ3n) is 5.40. The molecule has 0 atom stereocenters. The largest absolute Gasteiger partial charge is 0.417 e. The van der Waals surface area contributed by atoms with Crippen molar-refractivity contribution in [3.8, 4) is 5.75 Å². The Morgan fingerprint density at radius 3 is 2.72 bits per heavy atom. The number of pyridine rings is 2. The number of fused-ring (bicyclic) bond motifs is 1. The summed E-state index contributed by atoms with van der Waals surface area (Å²) in [5.41, 5.74) is 1.47. The van der Waals surface area contributed by atoms with E-state index in [1.807, 2.05) is 36.4 Å². The Bertz CT molecular complexity index is 966. The van der Waals surface area contributed by atoms with Gasteiger partial charge in [-0.2, -0.15) is 0 Å². The molecule has 0 saturated carbocycles. The number of nitrogens with one attached hydrogen (secondary N) is 1. The molecular formula is C23H26N4O2. The van der Waals surface area contributed by atoms with E-state index >= 15 is 0 Å². The molecule has 6 nitrogen and oxygen atoms in total. The Morgan fingerprint density at radius 1 is 1.14 bits per heavy atom. The molecule has 3 aromatic rings. The molecule has 6 heteroatoms. The highest BCUT2D eigenvalue weighted by Crippen LogP contribution is 2.26. The van der Waals surface area contributed by atoms with Crippen LogP contribution in [-0.2, 0) is 0 Å². The summed E-state index contributed by atoms with van der Waals surface area (Å²) in [5, 5.41) is 3.67. The van der Waals surface area contributed by atoms with Crippen LogP contribution in [0, 0.1) is 5.92 Å². The average molecular weight is 390 g/mol. The van der Waals surface area contributed by atoms with Crippen LogP contribution in [0.4, 0.5) is 16.3 Å². The molecule has 29 heavy (non-hydrogen) atoms. The number of carbonyl (C=O) groups is 1. The summed E-state index contributed by atoms with van der Waals surface area (Å²) >= 11 is 0. The smallest absolute Gasteiger partial charge is 0.408 e. The zero-order valence-electron chi connectivity index (χ0n) is 16.7. The number of ether oxygens (including phenoxy) is 1. The van der Waals surface area contributed by atoms with Crippen molar-refractivity contribution in [2.45, 2.75) is 32.6 Å². The van der Waals surface area contributed by atoms with Crippen LogP contribution in [-0.4, -0.2) is 29.2 Å². The summed E-state index contributed by atoms with van der Waals surface area (Å²) in [6, 6.07) is 13.3. The summed E-state index contributed by atoms with van der Waals surface area (Å²) in [7, 11) is 0. The standard InChI is InChI=1S/C23H26N4O2/c1-2-5-17-10-12-27(13-11-17)22-9-8-20(16-25-22)29-23(28)26-19-14-18-6-3-4-7-21(18)24-15-19/h3-4,6-9,14-17H,2,5,10-13H2,1H3,(H,26,28). The molecule has 1 aliphatic heterocycles. The number of hydrogen-bond donors (Lipinski definition) is 1. The number of anilines is 2. The van der Waals surface area contributed by atoms with Gasteiger partial charge < -0.3 is 9.64 Å². The summed E-state index contributed by atoms with van der Waals surface area (Å²) < 4.78 is 5.36. The lowest BCUT2D eigenvalue weighted by Crippen LogP contribution is -2.34. The van der Waals surface area contributed by atoms with E-state index in [0.29, 0.717) is 11.4 Å². The van der Waals surface area contributed by atoms with E-state index in [0.717, 1.165) is 35.7 Å². The Morgan fingerprint density at radius 2 is 1.97 bits per heavy atom. The van der Waals surface area contributed by atoms with Crippen molar-refractivity contribution in [2.24, 2.45) is 5.92 Å². The zero-order valence-corrected chi connectivity index (χ0v) is 16.7. The van der Waals surface area contributed by atoms with Crippen LogP contribution in [0.25, 0.3) is 10.9 Å². The topological polar surface area (TPSA) is 67.3 Å². The molecule has 150 valence electrons. The van der Waals surface area contributed by atoms with Crippen molar-refractivity contribution in [3.63, 3.8) is 0 Å². The van der Waals surface area contributed by atoms with E-state index in [4.69, 9.17) is 4.74 Å². The van der Waals surface area contributed by atoms with Crippen molar-refractivity contribution in [2.75, 3.05) is 23.3 Å². The van der Waals surface area contributed by atoms with Gasteiger partial charge in [0.25, 0.3) is 0 Å². The first-order chi connectivity index (χ1) is 14.2. The van der Waals surface area contributed by atoms with Crippen LogP contribution in [0.5, 0.6) is 5.75 Å². The molecule has 2 aromatic heterocycles. The van der Waals surface area contributed by atoms with E-state index < -0.39 is 6.09 Å². The molecule has 1 N–H and O–H groups in total. The third kappa shape index (κ3) is 4.83. The van der Waals surface area contributed by atoms with Gasteiger partial charge in [0.2, 0.25) is 0 Å². The molecular weight excluding hydrogens is 364 g/mol. The first kappa shape index (κ1) is 19.2. The highest BCUT2D eigenvalue weighted by molar-refractivity contribution is 5.89. The zero-order chi connectivity index (χ0) is 20.1. The van der Waals surface area contributed by atoms with Crippen LogP contribution in [0.1, 0.15) is 32.6 Å². The molecule has 1 amide bonds. The van der Waals surface area contributed by atoms with Crippen LogP contribution in [0.3, 0.4) is 0 Å². The maximum atomic E-state index is 12.2. The van der Waals surface area contributed by atoms with Crippen LogP contribution >= 0.6 is 0 Å². The Hall–Kier alpha value is -3.15. The second-order valence-corrected chi connectivity index (χ2v) is 7.50. The molecule has 3 heterocycles. The maximum absolute atomic E-state index is 12.2. The minimum Gasteiger partial charge on any atom is -0.408 e. The lowest BCUT2D eigenvalue weighted by atomic mass is 9.92. The lowest BCUT2D eigenvalue weighted by Gasteiger charge is -2.32. The molecule has 1 fully saturated rings. The number of rotatable bonds is 5. The van der Waals surface area contributed by atoms with Crippen molar-refractivity contribution in [1.29, 1.82) is 0 Å². The van der Waals surface area contributed by atoms with Gasteiger partial charge in [-0.1, -0.05) is 38.0 Å². The van der Waals surface area contributed by atoms with E-state index in [1.165, 1.54) is 25.7 Å². The highest BCUT2D eigenvalue weighted by atomic mass is 16.6. The van der Waals surface area contributed by atoms with Gasteiger partial charge in [-0.3, -0.25) is 10.3 Å². The van der Waals surface area contributed by atoms with E-state index in [1.54, 1.807) is 18.5 Å². The van der Waals surface area contributed by atoms with Crippen LogP contribution < -0.4 is 15.0 Å². The number of carbonyl (C=O) groups excluding carboxylic acids is 1. The minimum atomic E-state index is -0.558. The number of aromatic nitrogens is 2. The first-order valence-corrected chi connectivity index (χ1v) is 10.3. The number of benzene rings is 1. The van der Waals surface area contributed by atoms with Gasteiger partial charge in [0.1, 0.15) is 5.82 Å². The van der Waals surface area contributed by atoms with Crippen molar-refractivity contribution >= 4 is 28.5 Å². The quantitative estimate of drug-likeness (QED) is 0.644. The maximum Gasteiger partial charge on any atom is 0.417 e. The second-order valence-electron chi connectivity index (χ2n) is 7.50. The predicted molar refractivity (Wildman–Crippen MR) is 115 cm³/mol. The van der Waals surface area contributed by atoms with E-state index in [2.05, 4.69) is 27.1 Å². The monoisotopic (exact) mass is 390 g/mol. The highest BCUT2D eigenvalue weighted by Gasteiger charge is 2.19. The van der Waals surface area contributed by atoms with Gasteiger partial charge in [0.15, 0.2) is 5.75 Å². The number of nitrogens with zero attached hydrogens (tertiary/aromatic N) is 3. The Balaban J connectivity index is 1.33. The fourth-order valence-corrected chi connectivity index (χ4v) is 3.87. The lowest BCUT2D eigenvalue weighted by molar-refractivity contribution is 0.215. The van der Waals surface area contributed by atoms with Gasteiger partial charge in [-0.15, -0.1) is 0 Å². The molecule has 0 unspecified atom stereocenters. The molecule has 0 aliphatic carbocycles. The van der Waals surface area contributed by atoms with Gasteiger partial charge in [0, 0.05) is 18.5 Å². The van der Waals surface area contributed by atoms with Crippen molar-refractivity contribution in [3.05, 3.63) is 54.9 Å². The SMILES string of the molecule is CCCC1CCN(c2ccc(OC(=O)Nc3cnc4ccccc4c3)cn2)CC1. The van der Waals surface area contributed by atoms with E-state index in [9.17, 15) is 4.79 Å². The molecule has 1 aromatic carbocycles. The minimum absolute atomic E-state index is 0.417. The molecule has 0 radical (unpaired) electrons. The summed E-state index contributed by atoms with van der Waals surface area (Å²) in [4.78, 5) is 23.3. The molecule has 0 spiro atoms. The van der Waals surface area contributed by atoms with Crippen molar-refractivity contribution in [1.82, 2.24) is 9.97 Å². The first-order valence-electron chi connectivity index (χ1n) is 10.3. The molecule has 0 bridgehead atoms. The summed E-state index contributed by atoms with van der Waals surface area (Å²) in [6.07, 6.45) is 7.67. The average Bonchev–Trinajstić information content (AvgIpc) is 2.75. The van der Waals surface area contributed by atoms with Crippen LogP contribution in [0.15, 0.2) is 54.9 Å². The number of para-hydroxylation sites is 1. The fourth-order valence-electron chi connectivity index (χ4n) is 3.87. The number of hydrogen-bond acceptors (Lipinski definition) is 5.